The lowest BCUT2D eigenvalue weighted by Crippen LogP contribution is -2.47. The van der Waals surface area contributed by atoms with E-state index in [4.69, 9.17) is 15.9 Å². The lowest BCUT2D eigenvalue weighted by Gasteiger charge is -2.12. The molecule has 3 amide bonds. The van der Waals surface area contributed by atoms with Crippen LogP contribution in [0.25, 0.3) is 0 Å². The molecule has 0 aliphatic rings. The average Bonchev–Trinajstić information content (AvgIpc) is 2.15. The molecule has 0 bridgehead atoms. The molecule has 0 spiro atoms. The smallest absolute Gasteiger partial charge is 0.326 e. The van der Waals surface area contributed by atoms with Crippen molar-refractivity contribution in [1.82, 2.24) is 10.6 Å². The van der Waals surface area contributed by atoms with Crippen LogP contribution in [0.4, 0.5) is 4.79 Å². The Labute approximate surface area is 96.0 Å². The SMILES string of the molecule is NC(=O)CCNC(=O)N[C@H](CC(=O)O)C(=O)O. The Morgan fingerprint density at radius 2 is 1.76 bits per heavy atom. The van der Waals surface area contributed by atoms with E-state index >= 15 is 0 Å². The average molecular weight is 247 g/mol. The Morgan fingerprint density at radius 1 is 1.18 bits per heavy atom. The van der Waals surface area contributed by atoms with Gasteiger partial charge in [-0.05, 0) is 0 Å². The second-order valence-corrected chi connectivity index (χ2v) is 3.11. The highest BCUT2D eigenvalue weighted by atomic mass is 16.4. The Balaban J connectivity index is 4.08. The number of aliphatic carboxylic acids is 2. The van der Waals surface area contributed by atoms with Gasteiger partial charge >= 0.3 is 18.0 Å². The largest absolute Gasteiger partial charge is 0.481 e. The zero-order chi connectivity index (χ0) is 13.4. The van der Waals surface area contributed by atoms with Crippen molar-refractivity contribution < 1.29 is 29.4 Å². The summed E-state index contributed by atoms with van der Waals surface area (Å²) in [6.45, 7) is -0.0550. The Morgan fingerprint density at radius 3 is 2.18 bits per heavy atom. The number of primary amides is 1. The number of nitrogens with one attached hydrogen (secondary N) is 2. The minimum atomic E-state index is -1.53. The van der Waals surface area contributed by atoms with Gasteiger partial charge in [-0.1, -0.05) is 0 Å². The molecule has 17 heavy (non-hydrogen) atoms. The van der Waals surface area contributed by atoms with Crippen molar-refractivity contribution in [2.24, 2.45) is 5.73 Å². The third-order valence-electron chi connectivity index (χ3n) is 1.64. The molecule has 0 radical (unpaired) electrons. The number of nitrogens with two attached hydrogens (primary N) is 1. The van der Waals surface area contributed by atoms with Crippen LogP contribution in [0.5, 0.6) is 0 Å². The van der Waals surface area contributed by atoms with Gasteiger partial charge in [-0.15, -0.1) is 0 Å². The third-order valence-corrected chi connectivity index (χ3v) is 1.64. The maximum absolute atomic E-state index is 11.1. The van der Waals surface area contributed by atoms with E-state index < -0.39 is 36.3 Å². The number of hydrogen-bond donors (Lipinski definition) is 5. The highest BCUT2D eigenvalue weighted by molar-refractivity contribution is 5.86. The lowest BCUT2D eigenvalue weighted by atomic mass is 10.2. The molecule has 0 aromatic rings. The predicted octanol–water partition coefficient (Wildman–Crippen LogP) is -1.91. The van der Waals surface area contributed by atoms with Gasteiger partial charge < -0.3 is 26.6 Å². The molecular formula is C8H13N3O6. The van der Waals surface area contributed by atoms with Gasteiger partial charge in [0.15, 0.2) is 0 Å². The number of urea groups is 1. The summed E-state index contributed by atoms with van der Waals surface area (Å²) in [5.41, 5.74) is 4.81. The van der Waals surface area contributed by atoms with E-state index in [9.17, 15) is 19.2 Å². The normalized spacial score (nSPS) is 11.3. The van der Waals surface area contributed by atoms with Crippen LogP contribution in [0.2, 0.25) is 0 Å². The lowest BCUT2D eigenvalue weighted by molar-refractivity contribution is -0.145. The molecule has 1 atom stereocenters. The van der Waals surface area contributed by atoms with Gasteiger partial charge in [0.1, 0.15) is 6.04 Å². The zero-order valence-electron chi connectivity index (χ0n) is 8.80. The van der Waals surface area contributed by atoms with E-state index in [1.54, 1.807) is 0 Å². The van der Waals surface area contributed by atoms with Crippen molar-refractivity contribution in [3.63, 3.8) is 0 Å². The van der Waals surface area contributed by atoms with E-state index in [0.717, 1.165) is 0 Å². The Kier molecular flexibility index (Phi) is 6.08. The maximum Gasteiger partial charge on any atom is 0.326 e. The number of carbonyl (C=O) groups excluding carboxylic acids is 2. The molecule has 0 aromatic heterocycles. The maximum atomic E-state index is 11.1. The molecule has 0 aliphatic carbocycles. The first-order valence-corrected chi connectivity index (χ1v) is 4.60. The summed E-state index contributed by atoms with van der Waals surface area (Å²) >= 11 is 0. The van der Waals surface area contributed by atoms with Gasteiger partial charge in [0, 0.05) is 13.0 Å². The Bertz CT molecular complexity index is 329. The van der Waals surface area contributed by atoms with Crippen LogP contribution in [-0.4, -0.2) is 46.7 Å². The first kappa shape index (κ1) is 14.7. The third kappa shape index (κ3) is 7.59. The van der Waals surface area contributed by atoms with Gasteiger partial charge in [0.25, 0.3) is 0 Å². The van der Waals surface area contributed by atoms with Crippen LogP contribution in [0, 0.1) is 0 Å². The topological polar surface area (TPSA) is 159 Å². The van der Waals surface area contributed by atoms with Crippen LogP contribution in [0.15, 0.2) is 0 Å². The van der Waals surface area contributed by atoms with E-state index in [1.165, 1.54) is 0 Å². The van der Waals surface area contributed by atoms with Crippen LogP contribution >= 0.6 is 0 Å². The summed E-state index contributed by atoms with van der Waals surface area (Å²) in [4.78, 5) is 42.3. The molecule has 0 unspecified atom stereocenters. The second-order valence-electron chi connectivity index (χ2n) is 3.11. The zero-order valence-corrected chi connectivity index (χ0v) is 8.80. The van der Waals surface area contributed by atoms with Crippen LogP contribution < -0.4 is 16.4 Å². The van der Waals surface area contributed by atoms with Crippen LogP contribution in [0.1, 0.15) is 12.8 Å². The van der Waals surface area contributed by atoms with Crippen molar-refractivity contribution in [1.29, 1.82) is 0 Å². The predicted molar refractivity (Wildman–Crippen MR) is 54.0 cm³/mol. The summed E-state index contributed by atoms with van der Waals surface area (Å²) in [5, 5.41) is 21.1. The first-order chi connectivity index (χ1) is 7.82. The molecule has 0 aliphatic heterocycles. The molecular weight excluding hydrogens is 234 g/mol. The molecule has 0 saturated heterocycles. The number of carbonyl (C=O) groups is 4. The van der Waals surface area contributed by atoms with Crippen LogP contribution in [-0.2, 0) is 14.4 Å². The highest BCUT2D eigenvalue weighted by Gasteiger charge is 2.22. The van der Waals surface area contributed by atoms with Crippen molar-refractivity contribution in [3.8, 4) is 0 Å². The van der Waals surface area contributed by atoms with E-state index in [1.807, 2.05) is 5.32 Å². The van der Waals surface area contributed by atoms with Gasteiger partial charge in [-0.2, -0.15) is 0 Å². The van der Waals surface area contributed by atoms with Crippen molar-refractivity contribution in [2.45, 2.75) is 18.9 Å². The number of carboxylic acids is 2. The van der Waals surface area contributed by atoms with Crippen LogP contribution in [0.3, 0.4) is 0 Å². The van der Waals surface area contributed by atoms with Gasteiger partial charge in [-0.3, -0.25) is 9.59 Å². The second kappa shape index (κ2) is 7.04. The van der Waals surface area contributed by atoms with Gasteiger partial charge in [0.05, 0.1) is 6.42 Å². The van der Waals surface area contributed by atoms with Crippen molar-refractivity contribution >= 4 is 23.9 Å². The molecule has 0 rings (SSSR count). The quantitative estimate of drug-likeness (QED) is 0.353. The minimum Gasteiger partial charge on any atom is -0.481 e. The summed E-state index contributed by atoms with van der Waals surface area (Å²) in [6.07, 6.45) is -0.831. The van der Waals surface area contributed by atoms with Crippen molar-refractivity contribution in [2.75, 3.05) is 6.54 Å². The van der Waals surface area contributed by atoms with E-state index in [2.05, 4.69) is 5.32 Å². The fraction of sp³-hybridized carbons (Fsp3) is 0.500. The van der Waals surface area contributed by atoms with Crippen molar-refractivity contribution in [3.05, 3.63) is 0 Å². The highest BCUT2D eigenvalue weighted by Crippen LogP contribution is 1.92. The monoisotopic (exact) mass is 247 g/mol. The Hall–Kier alpha value is -2.32. The molecule has 0 aromatic carbocycles. The molecule has 0 heterocycles. The van der Waals surface area contributed by atoms with E-state index in [0.29, 0.717) is 0 Å². The number of amides is 3. The molecule has 6 N–H and O–H groups in total. The fourth-order valence-electron chi connectivity index (χ4n) is 0.883. The molecule has 9 heteroatoms. The molecule has 0 fully saturated rings. The molecule has 0 saturated carbocycles. The number of hydrogen-bond acceptors (Lipinski definition) is 4. The standard InChI is InChI=1S/C8H13N3O6/c9-5(12)1-2-10-8(17)11-4(7(15)16)3-6(13)14/h4H,1-3H2,(H2,9,12)(H,13,14)(H,15,16)(H2,10,11,17)/t4-/m1/s1. The van der Waals surface area contributed by atoms with Gasteiger partial charge in [0.2, 0.25) is 5.91 Å². The fourth-order valence-corrected chi connectivity index (χ4v) is 0.883. The molecule has 9 nitrogen and oxygen atoms in total. The number of carboxylic acid groups (broad SMARTS) is 2. The minimum absolute atomic E-state index is 0.0550. The van der Waals surface area contributed by atoms with E-state index in [-0.39, 0.29) is 13.0 Å². The first-order valence-electron chi connectivity index (χ1n) is 4.60. The number of rotatable bonds is 7. The molecule has 96 valence electrons. The van der Waals surface area contributed by atoms with Gasteiger partial charge in [-0.25, -0.2) is 9.59 Å². The summed E-state index contributed by atoms with van der Waals surface area (Å²) < 4.78 is 0. The summed E-state index contributed by atoms with van der Waals surface area (Å²) in [7, 11) is 0. The summed E-state index contributed by atoms with van der Waals surface area (Å²) in [6, 6.07) is -2.40. The summed E-state index contributed by atoms with van der Waals surface area (Å²) in [5.74, 6) is -3.43.